The van der Waals surface area contributed by atoms with Gasteiger partial charge in [0.2, 0.25) is 10.0 Å². The molecule has 1 heterocycles. The molecule has 0 saturated heterocycles. The standard InChI is InChI=1S/C21H28N2O3S/c1-16-17(2)21(10-9-20(16)26-3)27(24,25)22-12-6-13-23-14-11-18-7-4-5-8-19(18)15-23/h4-5,7-10,22H,6,11-15H2,1-3H3. The number of fused-ring (bicyclic) bond motifs is 1. The predicted molar refractivity (Wildman–Crippen MR) is 108 cm³/mol. The molecule has 0 amide bonds. The first-order valence-corrected chi connectivity index (χ1v) is 10.8. The fourth-order valence-electron chi connectivity index (χ4n) is 3.62. The first-order chi connectivity index (χ1) is 12.9. The second kappa shape index (κ2) is 8.42. The van der Waals surface area contributed by atoms with Crippen molar-refractivity contribution in [2.45, 2.75) is 38.1 Å². The van der Waals surface area contributed by atoms with E-state index in [-0.39, 0.29) is 0 Å². The van der Waals surface area contributed by atoms with E-state index in [1.807, 2.05) is 13.8 Å². The van der Waals surface area contributed by atoms with E-state index in [1.165, 1.54) is 11.1 Å². The molecule has 1 N–H and O–H groups in total. The van der Waals surface area contributed by atoms with Crippen LogP contribution in [0, 0.1) is 13.8 Å². The maximum Gasteiger partial charge on any atom is 0.240 e. The third-order valence-corrected chi connectivity index (χ3v) is 6.96. The van der Waals surface area contributed by atoms with Crippen LogP contribution in [0.4, 0.5) is 0 Å². The Kier molecular flexibility index (Phi) is 6.19. The number of nitrogens with zero attached hydrogens (tertiary/aromatic N) is 1. The second-order valence-corrected chi connectivity index (χ2v) is 8.80. The summed E-state index contributed by atoms with van der Waals surface area (Å²) in [5.74, 6) is 0.705. The van der Waals surface area contributed by atoms with Crippen LogP contribution < -0.4 is 9.46 Å². The minimum Gasteiger partial charge on any atom is -0.496 e. The van der Waals surface area contributed by atoms with Crippen molar-refractivity contribution in [3.05, 3.63) is 58.7 Å². The Morgan fingerprint density at radius 3 is 2.56 bits per heavy atom. The van der Waals surface area contributed by atoms with Gasteiger partial charge >= 0.3 is 0 Å². The van der Waals surface area contributed by atoms with Crippen LogP contribution in [0.3, 0.4) is 0 Å². The lowest BCUT2D eigenvalue weighted by Crippen LogP contribution is -2.33. The van der Waals surface area contributed by atoms with Crippen molar-refractivity contribution in [2.75, 3.05) is 26.7 Å². The van der Waals surface area contributed by atoms with E-state index in [9.17, 15) is 8.42 Å². The number of nitrogens with one attached hydrogen (secondary N) is 1. The van der Waals surface area contributed by atoms with Gasteiger partial charge in [-0.3, -0.25) is 4.90 Å². The first-order valence-electron chi connectivity index (χ1n) is 9.35. The van der Waals surface area contributed by atoms with E-state index in [0.29, 0.717) is 17.2 Å². The number of benzene rings is 2. The van der Waals surface area contributed by atoms with E-state index in [4.69, 9.17) is 4.74 Å². The normalized spacial score (nSPS) is 14.8. The summed E-state index contributed by atoms with van der Waals surface area (Å²) in [6.45, 7) is 6.99. The molecule has 5 nitrogen and oxygen atoms in total. The zero-order valence-corrected chi connectivity index (χ0v) is 17.1. The Labute approximate surface area is 162 Å². The van der Waals surface area contributed by atoms with Gasteiger partial charge in [-0.1, -0.05) is 24.3 Å². The lowest BCUT2D eigenvalue weighted by molar-refractivity contribution is 0.251. The summed E-state index contributed by atoms with van der Waals surface area (Å²) in [4.78, 5) is 2.71. The molecule has 0 radical (unpaired) electrons. The summed E-state index contributed by atoms with van der Waals surface area (Å²) in [6.07, 6.45) is 1.85. The molecule has 3 rings (SSSR count). The number of ether oxygens (including phenoxy) is 1. The number of methoxy groups -OCH3 is 1. The number of hydrogen-bond acceptors (Lipinski definition) is 4. The Hall–Kier alpha value is -1.89. The van der Waals surface area contributed by atoms with Crippen LogP contribution in [0.5, 0.6) is 5.75 Å². The van der Waals surface area contributed by atoms with Crippen LogP contribution in [0.25, 0.3) is 0 Å². The van der Waals surface area contributed by atoms with Gasteiger partial charge < -0.3 is 4.74 Å². The fourth-order valence-corrected chi connectivity index (χ4v) is 4.99. The molecule has 0 unspecified atom stereocenters. The van der Waals surface area contributed by atoms with Crippen molar-refractivity contribution in [3.63, 3.8) is 0 Å². The molecule has 146 valence electrons. The first kappa shape index (κ1) is 19.9. The zero-order chi connectivity index (χ0) is 19.4. The van der Waals surface area contributed by atoms with Gasteiger partial charge in [0.05, 0.1) is 12.0 Å². The maximum absolute atomic E-state index is 12.7. The number of sulfonamides is 1. The molecule has 2 aromatic rings. The highest BCUT2D eigenvalue weighted by atomic mass is 32.2. The Bertz CT molecular complexity index is 910. The second-order valence-electron chi connectivity index (χ2n) is 7.06. The van der Waals surface area contributed by atoms with Gasteiger partial charge in [0.1, 0.15) is 5.75 Å². The molecule has 0 aliphatic carbocycles. The molecular weight excluding hydrogens is 360 g/mol. The molecule has 0 aromatic heterocycles. The SMILES string of the molecule is COc1ccc(S(=O)(=O)NCCCN2CCc3ccccc3C2)c(C)c1C. The molecule has 0 spiro atoms. The average Bonchev–Trinajstić information content (AvgIpc) is 2.67. The monoisotopic (exact) mass is 388 g/mol. The minimum atomic E-state index is -3.51. The summed E-state index contributed by atoms with van der Waals surface area (Å²) in [6, 6.07) is 11.9. The topological polar surface area (TPSA) is 58.6 Å². The molecule has 0 saturated carbocycles. The molecule has 2 aromatic carbocycles. The van der Waals surface area contributed by atoms with Crippen LogP contribution in [0.15, 0.2) is 41.3 Å². The third kappa shape index (κ3) is 4.51. The maximum atomic E-state index is 12.7. The van der Waals surface area contributed by atoms with Gasteiger partial charge in [-0.2, -0.15) is 0 Å². The highest BCUT2D eigenvalue weighted by Gasteiger charge is 2.20. The predicted octanol–water partition coefficient (Wildman–Crippen LogP) is 3.04. The van der Waals surface area contributed by atoms with Crippen LogP contribution in [0.2, 0.25) is 0 Å². The third-order valence-electron chi connectivity index (χ3n) is 5.35. The smallest absolute Gasteiger partial charge is 0.240 e. The molecule has 0 bridgehead atoms. The van der Waals surface area contributed by atoms with Gasteiger partial charge in [0.15, 0.2) is 0 Å². The van der Waals surface area contributed by atoms with Crippen molar-refractivity contribution in [1.29, 1.82) is 0 Å². The van der Waals surface area contributed by atoms with E-state index < -0.39 is 10.0 Å². The Morgan fingerprint density at radius 1 is 1.07 bits per heavy atom. The largest absolute Gasteiger partial charge is 0.496 e. The summed E-state index contributed by atoms with van der Waals surface area (Å²) < 4.78 is 33.3. The van der Waals surface area contributed by atoms with E-state index >= 15 is 0 Å². The summed E-state index contributed by atoms with van der Waals surface area (Å²) >= 11 is 0. The lowest BCUT2D eigenvalue weighted by atomic mass is 10.00. The molecular formula is C21H28N2O3S. The highest BCUT2D eigenvalue weighted by molar-refractivity contribution is 7.89. The van der Waals surface area contributed by atoms with Crippen LogP contribution in [-0.4, -0.2) is 40.1 Å². The molecule has 6 heteroatoms. The van der Waals surface area contributed by atoms with Crippen LogP contribution in [0.1, 0.15) is 28.7 Å². The van der Waals surface area contributed by atoms with Gasteiger partial charge in [0, 0.05) is 19.6 Å². The molecule has 1 aliphatic heterocycles. The van der Waals surface area contributed by atoms with E-state index in [1.54, 1.807) is 19.2 Å². The number of hydrogen-bond donors (Lipinski definition) is 1. The molecule has 0 atom stereocenters. The summed E-state index contributed by atoms with van der Waals surface area (Å²) in [5.41, 5.74) is 4.40. The highest BCUT2D eigenvalue weighted by Crippen LogP contribution is 2.26. The molecule has 0 fully saturated rings. The molecule has 27 heavy (non-hydrogen) atoms. The minimum absolute atomic E-state index is 0.327. The van der Waals surface area contributed by atoms with E-state index in [2.05, 4.69) is 33.9 Å². The zero-order valence-electron chi connectivity index (χ0n) is 16.3. The van der Waals surface area contributed by atoms with Crippen molar-refractivity contribution in [1.82, 2.24) is 9.62 Å². The lowest BCUT2D eigenvalue weighted by Gasteiger charge is -2.28. The summed E-state index contributed by atoms with van der Waals surface area (Å²) in [5, 5.41) is 0. The quantitative estimate of drug-likeness (QED) is 0.741. The van der Waals surface area contributed by atoms with E-state index in [0.717, 1.165) is 43.6 Å². The van der Waals surface area contributed by atoms with Gasteiger partial charge in [0.25, 0.3) is 0 Å². The van der Waals surface area contributed by atoms with Crippen molar-refractivity contribution in [3.8, 4) is 5.75 Å². The summed E-state index contributed by atoms with van der Waals surface area (Å²) in [7, 11) is -1.92. The number of rotatable bonds is 7. The average molecular weight is 389 g/mol. The fraction of sp³-hybridized carbons (Fsp3) is 0.429. The Morgan fingerprint density at radius 2 is 1.81 bits per heavy atom. The van der Waals surface area contributed by atoms with Gasteiger partial charge in [-0.05, 0) is 67.6 Å². The van der Waals surface area contributed by atoms with Crippen LogP contribution >= 0.6 is 0 Å². The molecule has 1 aliphatic rings. The van der Waals surface area contributed by atoms with Crippen molar-refractivity contribution in [2.24, 2.45) is 0 Å². The van der Waals surface area contributed by atoms with Gasteiger partial charge in [-0.25, -0.2) is 13.1 Å². The van der Waals surface area contributed by atoms with Crippen LogP contribution in [-0.2, 0) is 23.0 Å². The van der Waals surface area contributed by atoms with Crippen molar-refractivity contribution < 1.29 is 13.2 Å². The van der Waals surface area contributed by atoms with Gasteiger partial charge in [-0.15, -0.1) is 0 Å². The Balaban J connectivity index is 1.54. The van der Waals surface area contributed by atoms with Crippen molar-refractivity contribution >= 4 is 10.0 Å².